The lowest BCUT2D eigenvalue weighted by Gasteiger charge is -2.03. The van der Waals surface area contributed by atoms with Crippen LogP contribution in [-0.4, -0.2) is 28.5 Å². The van der Waals surface area contributed by atoms with E-state index in [2.05, 4.69) is 10.2 Å². The van der Waals surface area contributed by atoms with Crippen molar-refractivity contribution in [1.29, 1.82) is 0 Å². The topological polar surface area (TPSA) is 59.9 Å². The molecular weight excluding hydrogens is 206 g/mol. The summed E-state index contributed by atoms with van der Waals surface area (Å²) in [7, 11) is 1.68. The number of rotatable bonds is 4. The number of ether oxygens (including phenoxy) is 1. The number of H-pyrrole nitrogens is 1. The summed E-state index contributed by atoms with van der Waals surface area (Å²) in [4.78, 5) is 11.3. The van der Waals surface area contributed by atoms with Crippen LogP contribution in [0.15, 0.2) is 35.4 Å². The summed E-state index contributed by atoms with van der Waals surface area (Å²) in [6, 6.07) is 7.74. The monoisotopic (exact) mass is 219 g/mol. The Kier molecular flexibility index (Phi) is 3.16. The van der Waals surface area contributed by atoms with E-state index in [-0.39, 0.29) is 5.69 Å². The van der Waals surface area contributed by atoms with Crippen LogP contribution in [0.5, 0.6) is 0 Å². The van der Waals surface area contributed by atoms with E-state index in [4.69, 9.17) is 4.74 Å². The van der Waals surface area contributed by atoms with Gasteiger partial charge in [-0.2, -0.15) is 5.10 Å². The predicted octanol–water partition coefficient (Wildman–Crippen LogP) is 0.750. The van der Waals surface area contributed by atoms with Crippen molar-refractivity contribution in [2.75, 3.05) is 13.7 Å². The van der Waals surface area contributed by atoms with Crippen molar-refractivity contribution in [3.63, 3.8) is 0 Å². The minimum atomic E-state index is -0.232. The Morgan fingerprint density at radius 2 is 2.12 bits per heavy atom. The first-order valence-corrected chi connectivity index (χ1v) is 5.01. The Hall–Kier alpha value is -1.88. The maximum atomic E-state index is 11.3. The second-order valence-electron chi connectivity index (χ2n) is 3.44. The van der Waals surface area contributed by atoms with Crippen molar-refractivity contribution in [3.05, 3.63) is 46.6 Å². The Morgan fingerprint density at radius 3 is 2.69 bits per heavy atom. The molecule has 0 bridgehead atoms. The molecule has 0 aliphatic heterocycles. The van der Waals surface area contributed by atoms with Gasteiger partial charge in [0.1, 0.15) is 6.33 Å². The molecule has 2 rings (SSSR count). The standard InChI is InChI=1S/C11H13N3O2/c1-16-7-6-9-2-4-10(5-3-9)14-8-12-13-11(14)15/h2-5,8H,6-7H2,1H3,(H,13,15). The van der Waals surface area contributed by atoms with E-state index in [1.165, 1.54) is 16.5 Å². The number of hydrogen-bond acceptors (Lipinski definition) is 3. The van der Waals surface area contributed by atoms with E-state index in [1.807, 2.05) is 24.3 Å². The summed E-state index contributed by atoms with van der Waals surface area (Å²) in [6.45, 7) is 0.699. The van der Waals surface area contributed by atoms with E-state index in [0.717, 1.165) is 12.1 Å². The largest absolute Gasteiger partial charge is 0.384 e. The molecule has 5 nitrogen and oxygen atoms in total. The molecule has 0 unspecified atom stereocenters. The summed E-state index contributed by atoms with van der Waals surface area (Å²) in [6.07, 6.45) is 2.34. The Morgan fingerprint density at radius 1 is 1.38 bits per heavy atom. The zero-order valence-corrected chi connectivity index (χ0v) is 9.01. The van der Waals surface area contributed by atoms with Gasteiger partial charge in [-0.25, -0.2) is 14.5 Å². The minimum absolute atomic E-state index is 0.232. The minimum Gasteiger partial charge on any atom is -0.384 e. The van der Waals surface area contributed by atoms with E-state index >= 15 is 0 Å². The third-order valence-corrected chi connectivity index (χ3v) is 2.36. The van der Waals surface area contributed by atoms with Crippen molar-refractivity contribution in [2.24, 2.45) is 0 Å². The Labute approximate surface area is 92.7 Å². The van der Waals surface area contributed by atoms with Crippen molar-refractivity contribution in [2.45, 2.75) is 6.42 Å². The number of nitrogens with zero attached hydrogens (tertiary/aromatic N) is 2. The number of aromatic nitrogens is 3. The molecule has 0 amide bonds. The molecule has 1 N–H and O–H groups in total. The zero-order valence-electron chi connectivity index (χ0n) is 9.01. The first-order chi connectivity index (χ1) is 7.81. The van der Waals surface area contributed by atoms with Gasteiger partial charge in [-0.1, -0.05) is 12.1 Å². The molecule has 1 aromatic carbocycles. The van der Waals surface area contributed by atoms with Crippen LogP contribution in [0.2, 0.25) is 0 Å². The lowest BCUT2D eigenvalue weighted by Crippen LogP contribution is -2.13. The van der Waals surface area contributed by atoms with Crippen LogP contribution in [0, 0.1) is 0 Å². The smallest absolute Gasteiger partial charge is 0.347 e. The van der Waals surface area contributed by atoms with Gasteiger partial charge in [0.2, 0.25) is 0 Å². The van der Waals surface area contributed by atoms with Crippen LogP contribution in [0.3, 0.4) is 0 Å². The van der Waals surface area contributed by atoms with E-state index in [1.54, 1.807) is 7.11 Å². The summed E-state index contributed by atoms with van der Waals surface area (Å²) in [5.74, 6) is 0. The molecule has 0 aliphatic carbocycles. The molecule has 0 aliphatic rings. The van der Waals surface area contributed by atoms with Crippen LogP contribution in [0.25, 0.3) is 5.69 Å². The van der Waals surface area contributed by atoms with E-state index < -0.39 is 0 Å². The highest BCUT2D eigenvalue weighted by molar-refractivity contribution is 5.34. The molecule has 1 aromatic heterocycles. The Bertz CT molecular complexity index is 498. The fraction of sp³-hybridized carbons (Fsp3) is 0.273. The third-order valence-electron chi connectivity index (χ3n) is 2.36. The van der Waals surface area contributed by atoms with E-state index in [0.29, 0.717) is 6.61 Å². The maximum Gasteiger partial charge on any atom is 0.347 e. The van der Waals surface area contributed by atoms with Gasteiger partial charge in [0.05, 0.1) is 12.3 Å². The molecule has 0 saturated carbocycles. The highest BCUT2D eigenvalue weighted by Crippen LogP contribution is 2.07. The predicted molar refractivity (Wildman–Crippen MR) is 59.8 cm³/mol. The lowest BCUT2D eigenvalue weighted by atomic mass is 10.1. The zero-order chi connectivity index (χ0) is 11.4. The second kappa shape index (κ2) is 4.76. The fourth-order valence-corrected chi connectivity index (χ4v) is 1.48. The maximum absolute atomic E-state index is 11.3. The average molecular weight is 219 g/mol. The normalized spacial score (nSPS) is 10.6. The molecule has 16 heavy (non-hydrogen) atoms. The summed E-state index contributed by atoms with van der Waals surface area (Å²) in [5, 5.41) is 6.03. The van der Waals surface area contributed by atoms with Gasteiger partial charge in [0, 0.05) is 7.11 Å². The summed E-state index contributed by atoms with van der Waals surface area (Å²) >= 11 is 0. The third kappa shape index (κ3) is 2.20. The van der Waals surface area contributed by atoms with Crippen LogP contribution in [-0.2, 0) is 11.2 Å². The van der Waals surface area contributed by atoms with Gasteiger partial charge in [-0.15, -0.1) is 0 Å². The van der Waals surface area contributed by atoms with Gasteiger partial charge >= 0.3 is 5.69 Å². The summed E-state index contributed by atoms with van der Waals surface area (Å²) < 4.78 is 6.46. The SMILES string of the molecule is COCCc1ccc(-n2cn[nH]c2=O)cc1. The molecule has 5 heteroatoms. The van der Waals surface area contributed by atoms with Crippen molar-refractivity contribution in [1.82, 2.24) is 14.8 Å². The highest BCUT2D eigenvalue weighted by Gasteiger charge is 2.00. The Balaban J connectivity index is 2.20. The van der Waals surface area contributed by atoms with Gasteiger partial charge in [-0.3, -0.25) is 0 Å². The van der Waals surface area contributed by atoms with E-state index in [9.17, 15) is 4.79 Å². The van der Waals surface area contributed by atoms with Crippen LogP contribution < -0.4 is 5.69 Å². The molecular formula is C11H13N3O2. The van der Waals surface area contributed by atoms with Crippen molar-refractivity contribution in [3.8, 4) is 5.69 Å². The molecule has 0 saturated heterocycles. The van der Waals surface area contributed by atoms with Gasteiger partial charge in [0.15, 0.2) is 0 Å². The molecule has 1 heterocycles. The van der Waals surface area contributed by atoms with Gasteiger partial charge in [-0.05, 0) is 24.1 Å². The summed E-state index contributed by atoms with van der Waals surface area (Å²) in [5.41, 5.74) is 1.76. The number of benzene rings is 1. The van der Waals surface area contributed by atoms with Crippen LogP contribution in [0.1, 0.15) is 5.56 Å². The average Bonchev–Trinajstić information content (AvgIpc) is 2.74. The van der Waals surface area contributed by atoms with Gasteiger partial charge in [0.25, 0.3) is 0 Å². The number of aromatic amines is 1. The number of nitrogens with one attached hydrogen (secondary N) is 1. The molecule has 0 fully saturated rings. The molecule has 0 atom stereocenters. The van der Waals surface area contributed by atoms with Crippen LogP contribution in [0.4, 0.5) is 0 Å². The first kappa shape index (κ1) is 10.6. The van der Waals surface area contributed by atoms with Gasteiger partial charge < -0.3 is 4.74 Å². The van der Waals surface area contributed by atoms with Crippen molar-refractivity contribution >= 4 is 0 Å². The van der Waals surface area contributed by atoms with Crippen LogP contribution >= 0.6 is 0 Å². The number of hydrogen-bond donors (Lipinski definition) is 1. The lowest BCUT2D eigenvalue weighted by molar-refractivity contribution is 0.202. The molecule has 84 valence electrons. The highest BCUT2D eigenvalue weighted by atomic mass is 16.5. The van der Waals surface area contributed by atoms with Crippen molar-refractivity contribution < 1.29 is 4.74 Å². The quantitative estimate of drug-likeness (QED) is 0.825. The first-order valence-electron chi connectivity index (χ1n) is 5.01. The number of methoxy groups -OCH3 is 1. The fourth-order valence-electron chi connectivity index (χ4n) is 1.48. The second-order valence-corrected chi connectivity index (χ2v) is 3.44. The molecule has 0 spiro atoms. The molecule has 2 aromatic rings. The molecule has 0 radical (unpaired) electrons.